The summed E-state index contributed by atoms with van der Waals surface area (Å²) in [5, 5.41) is 12.9. The van der Waals surface area contributed by atoms with E-state index in [0.29, 0.717) is 29.1 Å². The number of aliphatic hydroxyl groups excluding tert-OH is 1. The van der Waals surface area contributed by atoms with Crippen LogP contribution >= 0.6 is 11.6 Å². The van der Waals surface area contributed by atoms with Crippen molar-refractivity contribution in [1.29, 1.82) is 0 Å². The highest BCUT2D eigenvalue weighted by atomic mass is 35.5. The molecular formula is C26H25ClFN5O2. The van der Waals surface area contributed by atoms with Crippen molar-refractivity contribution >= 4 is 23.2 Å². The average Bonchev–Trinajstić information content (AvgIpc) is 3.49. The van der Waals surface area contributed by atoms with Crippen molar-refractivity contribution in [3.63, 3.8) is 0 Å². The molecule has 35 heavy (non-hydrogen) atoms. The average molecular weight is 494 g/mol. The zero-order chi connectivity index (χ0) is 24.4. The lowest BCUT2D eigenvalue weighted by Crippen LogP contribution is -2.33. The summed E-state index contributed by atoms with van der Waals surface area (Å²) in [6, 6.07) is 12.0. The fourth-order valence-corrected chi connectivity index (χ4v) is 4.64. The summed E-state index contributed by atoms with van der Waals surface area (Å²) >= 11 is 6.00. The van der Waals surface area contributed by atoms with E-state index < -0.39 is 5.82 Å². The Bertz CT molecular complexity index is 1380. The Balaban J connectivity index is 1.37. The van der Waals surface area contributed by atoms with E-state index >= 15 is 0 Å². The number of carbonyl (C=O) groups is 1. The monoisotopic (exact) mass is 493 g/mol. The van der Waals surface area contributed by atoms with Crippen molar-refractivity contribution in [3.05, 3.63) is 77.6 Å². The van der Waals surface area contributed by atoms with Crippen molar-refractivity contribution in [1.82, 2.24) is 24.6 Å². The summed E-state index contributed by atoms with van der Waals surface area (Å²) in [7, 11) is 0. The molecule has 3 aromatic heterocycles. The number of benzene rings is 1. The van der Waals surface area contributed by atoms with Gasteiger partial charge in [-0.25, -0.2) is 9.37 Å². The normalized spacial score (nSPS) is 16.1. The summed E-state index contributed by atoms with van der Waals surface area (Å²) in [5.74, 6) is -0.701. The van der Waals surface area contributed by atoms with Gasteiger partial charge in [-0.1, -0.05) is 17.7 Å². The zero-order valence-corrected chi connectivity index (χ0v) is 19.7. The number of hydrogen-bond donors (Lipinski definition) is 2. The van der Waals surface area contributed by atoms with Crippen molar-refractivity contribution in [2.24, 2.45) is 0 Å². The van der Waals surface area contributed by atoms with Gasteiger partial charge in [0.05, 0.1) is 16.9 Å². The minimum atomic E-state index is -0.486. The molecule has 1 aliphatic rings. The number of nitrogens with one attached hydrogen (secondary N) is 1. The minimum absolute atomic E-state index is 0.0300. The van der Waals surface area contributed by atoms with Crippen LogP contribution in [0.1, 0.15) is 29.8 Å². The SMILES string of the molecule is O=C(NCCCN1CCCC1O)c1cnc2ccc(-c3cccnc3-c3ccc(F)c(Cl)c3)cn12. The molecule has 1 aliphatic heterocycles. The summed E-state index contributed by atoms with van der Waals surface area (Å²) in [6.45, 7) is 2.15. The van der Waals surface area contributed by atoms with Crippen LogP contribution in [0.25, 0.3) is 28.0 Å². The molecule has 1 unspecified atom stereocenters. The predicted octanol–water partition coefficient (Wildman–Crippen LogP) is 4.39. The lowest BCUT2D eigenvalue weighted by Gasteiger charge is -2.19. The summed E-state index contributed by atoms with van der Waals surface area (Å²) in [5.41, 5.74) is 4.08. The predicted molar refractivity (Wildman–Crippen MR) is 133 cm³/mol. The molecule has 0 radical (unpaired) electrons. The second-order valence-electron chi connectivity index (χ2n) is 8.59. The van der Waals surface area contributed by atoms with Crippen LogP contribution in [-0.4, -0.2) is 56.1 Å². The number of carbonyl (C=O) groups excluding carboxylic acids is 1. The molecule has 1 fully saturated rings. The first-order valence-corrected chi connectivity index (χ1v) is 12.0. The second-order valence-corrected chi connectivity index (χ2v) is 8.99. The topological polar surface area (TPSA) is 82.8 Å². The fourth-order valence-electron chi connectivity index (χ4n) is 4.46. The second kappa shape index (κ2) is 10.1. The van der Waals surface area contributed by atoms with Crippen LogP contribution in [0.15, 0.2) is 61.1 Å². The minimum Gasteiger partial charge on any atom is -0.378 e. The van der Waals surface area contributed by atoms with Gasteiger partial charge in [0, 0.05) is 48.7 Å². The molecule has 4 aromatic rings. The molecule has 1 saturated heterocycles. The number of amides is 1. The van der Waals surface area contributed by atoms with Gasteiger partial charge < -0.3 is 10.4 Å². The Morgan fingerprint density at radius 1 is 1.20 bits per heavy atom. The number of halogens is 2. The summed E-state index contributed by atoms with van der Waals surface area (Å²) < 4.78 is 15.4. The molecule has 1 aromatic carbocycles. The van der Waals surface area contributed by atoms with Crippen LogP contribution in [0, 0.1) is 5.82 Å². The summed E-state index contributed by atoms with van der Waals surface area (Å²) in [4.78, 5) is 23.8. The Morgan fingerprint density at radius 3 is 2.86 bits per heavy atom. The molecule has 7 nitrogen and oxygen atoms in total. The third kappa shape index (κ3) is 4.91. The molecule has 180 valence electrons. The highest BCUT2D eigenvalue weighted by Crippen LogP contribution is 2.32. The zero-order valence-electron chi connectivity index (χ0n) is 19.0. The van der Waals surface area contributed by atoms with Gasteiger partial charge in [0.25, 0.3) is 5.91 Å². The summed E-state index contributed by atoms with van der Waals surface area (Å²) in [6.07, 6.45) is 7.28. The van der Waals surface area contributed by atoms with Gasteiger partial charge in [0.1, 0.15) is 23.4 Å². The number of hydrogen-bond acceptors (Lipinski definition) is 5. The number of pyridine rings is 2. The van der Waals surface area contributed by atoms with E-state index in [9.17, 15) is 14.3 Å². The first kappa shape index (κ1) is 23.4. The van der Waals surface area contributed by atoms with Crippen molar-refractivity contribution in [2.75, 3.05) is 19.6 Å². The molecule has 0 bridgehead atoms. The van der Waals surface area contributed by atoms with Crippen molar-refractivity contribution in [3.8, 4) is 22.4 Å². The number of fused-ring (bicyclic) bond motifs is 1. The van der Waals surface area contributed by atoms with Crippen molar-refractivity contribution < 1.29 is 14.3 Å². The maximum atomic E-state index is 13.7. The molecule has 0 spiro atoms. The van der Waals surface area contributed by atoms with E-state index in [-0.39, 0.29) is 17.2 Å². The largest absolute Gasteiger partial charge is 0.378 e. The molecule has 1 atom stereocenters. The van der Waals surface area contributed by atoms with Gasteiger partial charge in [-0.15, -0.1) is 0 Å². The number of rotatable bonds is 7. The first-order chi connectivity index (χ1) is 17.0. The highest BCUT2D eigenvalue weighted by molar-refractivity contribution is 6.31. The van der Waals surface area contributed by atoms with E-state index in [1.807, 2.05) is 35.4 Å². The Labute approximate surface area is 207 Å². The third-order valence-corrected chi connectivity index (χ3v) is 6.58. The van der Waals surface area contributed by atoms with Gasteiger partial charge in [0.2, 0.25) is 0 Å². The first-order valence-electron chi connectivity index (χ1n) is 11.6. The number of likely N-dealkylation sites (tertiary alicyclic amines) is 1. The molecule has 5 rings (SSSR count). The highest BCUT2D eigenvalue weighted by Gasteiger charge is 2.21. The number of aromatic nitrogens is 3. The van der Waals surface area contributed by atoms with E-state index in [2.05, 4.69) is 15.3 Å². The Hall–Kier alpha value is -3.33. The van der Waals surface area contributed by atoms with Gasteiger partial charge >= 0.3 is 0 Å². The fraction of sp³-hybridized carbons (Fsp3) is 0.269. The van der Waals surface area contributed by atoms with Crippen LogP contribution < -0.4 is 5.32 Å². The Morgan fingerprint density at radius 2 is 2.06 bits per heavy atom. The third-order valence-electron chi connectivity index (χ3n) is 6.29. The van der Waals surface area contributed by atoms with Gasteiger partial charge in [-0.3, -0.25) is 19.1 Å². The van der Waals surface area contributed by atoms with E-state index in [4.69, 9.17) is 11.6 Å². The Kier molecular flexibility index (Phi) is 6.77. The van der Waals surface area contributed by atoms with E-state index in [1.165, 1.54) is 6.07 Å². The van der Waals surface area contributed by atoms with Crippen LogP contribution in [0.5, 0.6) is 0 Å². The number of aliphatic hydroxyl groups is 1. The van der Waals surface area contributed by atoms with Crippen LogP contribution in [0.4, 0.5) is 4.39 Å². The molecule has 9 heteroatoms. The molecule has 0 aliphatic carbocycles. The maximum absolute atomic E-state index is 13.7. The lowest BCUT2D eigenvalue weighted by atomic mass is 10.0. The molecule has 2 N–H and O–H groups in total. The molecular weight excluding hydrogens is 469 g/mol. The molecule has 1 amide bonds. The van der Waals surface area contributed by atoms with Gasteiger partial charge in [-0.2, -0.15) is 0 Å². The smallest absolute Gasteiger partial charge is 0.269 e. The van der Waals surface area contributed by atoms with Gasteiger partial charge in [0.15, 0.2) is 0 Å². The van der Waals surface area contributed by atoms with Gasteiger partial charge in [-0.05, 0) is 55.7 Å². The molecule has 0 saturated carbocycles. The van der Waals surface area contributed by atoms with Crippen LogP contribution in [0.2, 0.25) is 5.02 Å². The number of imidazole rings is 1. The quantitative estimate of drug-likeness (QED) is 0.373. The molecule has 4 heterocycles. The van der Waals surface area contributed by atoms with Crippen LogP contribution in [-0.2, 0) is 0 Å². The lowest BCUT2D eigenvalue weighted by molar-refractivity contribution is 0.0377. The number of nitrogens with zero attached hydrogens (tertiary/aromatic N) is 4. The maximum Gasteiger partial charge on any atom is 0.269 e. The standard InChI is InChI=1S/C26H25ClFN5O2/c27-20-14-17(6-8-21(20)28)25-19(4-1-10-29-25)18-7-9-23-31-15-22(33(23)16-18)26(35)30-11-3-13-32-12-2-5-24(32)34/h1,4,6-10,14-16,24,34H,2-3,5,11-13H2,(H,30,35). The van der Waals surface area contributed by atoms with E-state index in [1.54, 1.807) is 28.9 Å². The van der Waals surface area contributed by atoms with E-state index in [0.717, 1.165) is 43.5 Å². The van der Waals surface area contributed by atoms with Crippen LogP contribution in [0.3, 0.4) is 0 Å². The van der Waals surface area contributed by atoms with Crippen molar-refractivity contribution in [2.45, 2.75) is 25.5 Å².